The Labute approximate surface area is 301 Å². The maximum Gasteiger partial charge on any atom is 0.0992 e. The summed E-state index contributed by atoms with van der Waals surface area (Å²) < 4.78 is 4.67. The molecule has 10 rings (SSSR count). The van der Waals surface area contributed by atoms with E-state index in [0.717, 1.165) is 55.4 Å². The van der Waals surface area contributed by atoms with Crippen LogP contribution >= 0.6 is 0 Å². The molecule has 0 N–H and O–H groups in total. The molecule has 0 amide bonds. The molecule has 3 nitrogen and oxygen atoms in total. The number of rotatable bonds is 5. The van der Waals surface area contributed by atoms with Crippen LogP contribution in [0.25, 0.3) is 88.4 Å². The van der Waals surface area contributed by atoms with E-state index in [9.17, 15) is 5.26 Å². The van der Waals surface area contributed by atoms with Gasteiger partial charge in [-0.1, -0.05) is 127 Å². The summed E-state index contributed by atoms with van der Waals surface area (Å²) in [4.78, 5) is 0. The third kappa shape index (κ3) is 4.81. The van der Waals surface area contributed by atoms with Gasteiger partial charge in [-0.15, -0.1) is 0 Å². The van der Waals surface area contributed by atoms with Crippen LogP contribution < -0.4 is 0 Å². The lowest BCUT2D eigenvalue weighted by molar-refractivity contribution is 1.18. The van der Waals surface area contributed by atoms with Gasteiger partial charge in [0.1, 0.15) is 0 Å². The normalized spacial score (nSPS) is 11.4. The fourth-order valence-electron chi connectivity index (χ4n) is 7.86. The van der Waals surface area contributed by atoms with Crippen LogP contribution in [-0.2, 0) is 0 Å². The molecule has 0 bridgehead atoms. The number of hydrogen-bond acceptors (Lipinski definition) is 1. The molecule has 2 aromatic heterocycles. The van der Waals surface area contributed by atoms with Gasteiger partial charge in [-0.05, 0) is 94.0 Å². The molecule has 3 heteroatoms. The van der Waals surface area contributed by atoms with Crippen LogP contribution in [-0.4, -0.2) is 9.13 Å². The molecule has 2 heterocycles. The predicted molar refractivity (Wildman–Crippen MR) is 216 cm³/mol. The highest BCUT2D eigenvalue weighted by Crippen LogP contribution is 2.39. The molecule has 0 aliphatic carbocycles. The van der Waals surface area contributed by atoms with E-state index in [-0.39, 0.29) is 0 Å². The summed E-state index contributed by atoms with van der Waals surface area (Å²) in [5, 5.41) is 14.6. The van der Waals surface area contributed by atoms with Crippen molar-refractivity contribution in [1.29, 1.82) is 5.26 Å². The molecule has 0 unspecified atom stereocenters. The number of hydrogen-bond donors (Lipinski definition) is 0. The molecule has 0 fully saturated rings. The molecule has 0 spiro atoms. The van der Waals surface area contributed by atoms with E-state index in [4.69, 9.17) is 0 Å². The molecule has 0 radical (unpaired) electrons. The summed E-state index contributed by atoms with van der Waals surface area (Å²) in [7, 11) is 0. The third-order valence-electron chi connectivity index (χ3n) is 10.3. The topological polar surface area (TPSA) is 33.6 Å². The highest BCUT2D eigenvalue weighted by molar-refractivity contribution is 6.12. The molecule has 10 aromatic rings. The fourth-order valence-corrected chi connectivity index (χ4v) is 7.86. The molecule has 242 valence electrons. The van der Waals surface area contributed by atoms with Crippen LogP contribution in [0.2, 0.25) is 0 Å². The van der Waals surface area contributed by atoms with Crippen LogP contribution in [0, 0.1) is 11.3 Å². The van der Waals surface area contributed by atoms with Crippen molar-refractivity contribution >= 4 is 43.6 Å². The van der Waals surface area contributed by atoms with Gasteiger partial charge in [0.05, 0.1) is 33.7 Å². The minimum absolute atomic E-state index is 0.643. The quantitative estimate of drug-likeness (QED) is 0.181. The zero-order chi connectivity index (χ0) is 34.6. The molecule has 0 atom stereocenters. The lowest BCUT2D eigenvalue weighted by Crippen LogP contribution is -1.95. The summed E-state index contributed by atoms with van der Waals surface area (Å²) >= 11 is 0. The fraction of sp³-hybridized carbons (Fsp3) is 0. The van der Waals surface area contributed by atoms with E-state index in [0.29, 0.717) is 5.56 Å². The second kappa shape index (κ2) is 12.0. The first-order valence-corrected chi connectivity index (χ1v) is 17.6. The molecular formula is C49H31N3. The maximum atomic E-state index is 9.90. The van der Waals surface area contributed by atoms with Gasteiger partial charge in [-0.25, -0.2) is 0 Å². The van der Waals surface area contributed by atoms with Crippen LogP contribution in [0.15, 0.2) is 188 Å². The van der Waals surface area contributed by atoms with Gasteiger partial charge in [0.15, 0.2) is 0 Å². The average molecular weight is 662 g/mol. The SMILES string of the molecule is N#Cc1ccc2c3ccc(-c4ccc5c(c4)c4ccccc4n5-c4ccccc4)cc3n(-c3cccc(-c4ccc(-c5ccccc5)cc4)c3)c2c1. The number of benzene rings is 8. The van der Waals surface area contributed by atoms with Crippen molar-refractivity contribution in [2.45, 2.75) is 0 Å². The summed E-state index contributed by atoms with van der Waals surface area (Å²) in [5.74, 6) is 0. The van der Waals surface area contributed by atoms with Crippen molar-refractivity contribution in [3.63, 3.8) is 0 Å². The summed E-state index contributed by atoms with van der Waals surface area (Å²) in [6.45, 7) is 0. The smallest absolute Gasteiger partial charge is 0.0992 e. The van der Waals surface area contributed by atoms with Crippen molar-refractivity contribution in [3.8, 4) is 50.8 Å². The van der Waals surface area contributed by atoms with Gasteiger partial charge in [-0.2, -0.15) is 5.26 Å². The third-order valence-corrected chi connectivity index (χ3v) is 10.3. The standard InChI is InChI=1S/C49H31N3/c50-32-33-18-25-43-44-26-23-39(38-24-27-47-45(30-38)42-16-7-8-17-46(42)51(47)40-13-5-2-6-14-40)31-49(44)52(48(43)28-33)41-15-9-12-37(29-41)36-21-19-35(20-22-36)34-10-3-1-4-11-34/h1-31H. The van der Waals surface area contributed by atoms with E-state index in [1.54, 1.807) is 0 Å². The summed E-state index contributed by atoms with van der Waals surface area (Å²) in [6, 6.07) is 69.2. The van der Waals surface area contributed by atoms with Crippen LogP contribution in [0.3, 0.4) is 0 Å². The van der Waals surface area contributed by atoms with Crippen molar-refractivity contribution in [2.24, 2.45) is 0 Å². The van der Waals surface area contributed by atoms with Crippen molar-refractivity contribution in [2.75, 3.05) is 0 Å². The minimum atomic E-state index is 0.643. The molecule has 0 saturated carbocycles. The van der Waals surface area contributed by atoms with Gasteiger partial charge >= 0.3 is 0 Å². The Morgan fingerprint density at radius 2 is 0.808 bits per heavy atom. The van der Waals surface area contributed by atoms with Crippen LogP contribution in [0.4, 0.5) is 0 Å². The van der Waals surface area contributed by atoms with Gasteiger partial charge in [0, 0.05) is 32.9 Å². The Balaban J connectivity index is 1.13. The number of fused-ring (bicyclic) bond motifs is 6. The van der Waals surface area contributed by atoms with Gasteiger partial charge < -0.3 is 9.13 Å². The Hall–Kier alpha value is -7.15. The van der Waals surface area contributed by atoms with Crippen LogP contribution in [0.1, 0.15) is 5.56 Å². The van der Waals surface area contributed by atoms with Crippen molar-refractivity contribution in [3.05, 3.63) is 194 Å². The molecular weight excluding hydrogens is 631 g/mol. The lowest BCUT2D eigenvalue weighted by Gasteiger charge is -2.12. The summed E-state index contributed by atoms with van der Waals surface area (Å²) in [5.41, 5.74) is 14.3. The molecule has 0 aliphatic rings. The highest BCUT2D eigenvalue weighted by Gasteiger charge is 2.17. The summed E-state index contributed by atoms with van der Waals surface area (Å²) in [6.07, 6.45) is 0. The Morgan fingerprint density at radius 1 is 0.308 bits per heavy atom. The van der Waals surface area contributed by atoms with E-state index in [2.05, 4.69) is 185 Å². The second-order valence-corrected chi connectivity index (χ2v) is 13.3. The zero-order valence-electron chi connectivity index (χ0n) is 28.2. The Bertz CT molecular complexity index is 3000. The van der Waals surface area contributed by atoms with Crippen molar-refractivity contribution in [1.82, 2.24) is 9.13 Å². The first-order valence-electron chi connectivity index (χ1n) is 17.6. The highest BCUT2D eigenvalue weighted by atomic mass is 15.0. The monoisotopic (exact) mass is 661 g/mol. The van der Waals surface area contributed by atoms with Crippen LogP contribution in [0.5, 0.6) is 0 Å². The first-order chi connectivity index (χ1) is 25.7. The number of nitrogens with zero attached hydrogens (tertiary/aromatic N) is 3. The maximum absolute atomic E-state index is 9.90. The van der Waals surface area contributed by atoms with E-state index in [1.807, 2.05) is 18.2 Å². The number of nitriles is 1. The van der Waals surface area contributed by atoms with Gasteiger partial charge in [0.2, 0.25) is 0 Å². The predicted octanol–water partition coefficient (Wildman–Crippen LogP) is 12.8. The van der Waals surface area contributed by atoms with E-state index < -0.39 is 0 Å². The van der Waals surface area contributed by atoms with Crippen molar-refractivity contribution < 1.29 is 0 Å². The zero-order valence-corrected chi connectivity index (χ0v) is 28.2. The molecule has 52 heavy (non-hydrogen) atoms. The lowest BCUT2D eigenvalue weighted by atomic mass is 10.00. The Morgan fingerprint density at radius 3 is 1.60 bits per heavy atom. The molecule has 8 aromatic carbocycles. The Kier molecular flexibility index (Phi) is 6.87. The first kappa shape index (κ1) is 29.7. The average Bonchev–Trinajstić information content (AvgIpc) is 3.73. The van der Waals surface area contributed by atoms with Gasteiger partial charge in [-0.3, -0.25) is 0 Å². The number of aromatic nitrogens is 2. The minimum Gasteiger partial charge on any atom is -0.309 e. The number of para-hydroxylation sites is 2. The molecule has 0 aliphatic heterocycles. The van der Waals surface area contributed by atoms with E-state index in [1.165, 1.54) is 32.9 Å². The largest absolute Gasteiger partial charge is 0.309 e. The van der Waals surface area contributed by atoms with Gasteiger partial charge in [0.25, 0.3) is 0 Å². The second-order valence-electron chi connectivity index (χ2n) is 13.3. The van der Waals surface area contributed by atoms with E-state index >= 15 is 0 Å². The molecule has 0 saturated heterocycles.